The van der Waals surface area contributed by atoms with Crippen molar-refractivity contribution in [2.24, 2.45) is 0 Å². The minimum atomic E-state index is -4.38. The molecule has 2 saturated heterocycles. The van der Waals surface area contributed by atoms with Crippen LogP contribution in [0.2, 0.25) is 10.0 Å². The second-order valence-corrected chi connectivity index (χ2v) is 14.7. The van der Waals surface area contributed by atoms with Gasteiger partial charge in [-0.05, 0) is 55.3 Å². The highest BCUT2D eigenvalue weighted by Crippen LogP contribution is 2.35. The number of piperazine rings is 1. The van der Waals surface area contributed by atoms with Gasteiger partial charge in [0.05, 0.1) is 11.6 Å². The van der Waals surface area contributed by atoms with Gasteiger partial charge in [0.2, 0.25) is 21.8 Å². The van der Waals surface area contributed by atoms with Gasteiger partial charge in [-0.2, -0.15) is 4.31 Å². The predicted octanol–water partition coefficient (Wildman–Crippen LogP) is 5.07. The Morgan fingerprint density at radius 2 is 1.67 bits per heavy atom. The van der Waals surface area contributed by atoms with Gasteiger partial charge in [-0.15, -0.1) is 0 Å². The molecule has 3 aromatic carbocycles. The molecule has 2 fully saturated rings. The van der Waals surface area contributed by atoms with Gasteiger partial charge in [-0.3, -0.25) is 9.59 Å². The fourth-order valence-electron chi connectivity index (χ4n) is 5.54. The summed E-state index contributed by atoms with van der Waals surface area (Å²) in [6, 6.07) is 17.6. The predicted molar refractivity (Wildman–Crippen MR) is 173 cm³/mol. The zero-order chi connectivity index (χ0) is 32.5. The molecule has 2 aliphatic heterocycles. The lowest BCUT2D eigenvalue weighted by atomic mass is 9.96. The lowest BCUT2D eigenvalue weighted by Crippen LogP contribution is -2.76. The largest absolute Gasteiger partial charge is 0.445 e. The molecule has 0 spiro atoms. The molecule has 45 heavy (non-hydrogen) atoms. The summed E-state index contributed by atoms with van der Waals surface area (Å²) in [5, 5.41) is 2.69. The number of amides is 3. The zero-order valence-electron chi connectivity index (χ0n) is 24.4. The first kappa shape index (κ1) is 33.2. The molecule has 0 aromatic heterocycles. The molecule has 1 N–H and O–H groups in total. The Labute approximate surface area is 280 Å². The van der Waals surface area contributed by atoms with Crippen molar-refractivity contribution in [2.45, 2.75) is 56.1 Å². The van der Waals surface area contributed by atoms with Gasteiger partial charge in [0, 0.05) is 28.5 Å². The molecule has 3 aromatic rings. The number of hydrogen-bond donors (Lipinski definition) is 1. The third-order valence-electron chi connectivity index (χ3n) is 7.78. The molecule has 0 radical (unpaired) electrons. The number of nitrogens with zero attached hydrogens (tertiary/aromatic N) is 3. The fourth-order valence-corrected chi connectivity index (χ4v) is 8.14. The highest BCUT2D eigenvalue weighted by molar-refractivity contribution is 9.10. The van der Waals surface area contributed by atoms with E-state index in [0.29, 0.717) is 0 Å². The van der Waals surface area contributed by atoms with E-state index >= 15 is 0 Å². The van der Waals surface area contributed by atoms with Gasteiger partial charge in [0.15, 0.2) is 0 Å². The van der Waals surface area contributed by atoms with Crippen molar-refractivity contribution in [3.63, 3.8) is 0 Å². The van der Waals surface area contributed by atoms with Crippen LogP contribution in [0.4, 0.5) is 4.79 Å². The number of sulfonamides is 1. The van der Waals surface area contributed by atoms with Crippen LogP contribution < -0.4 is 5.32 Å². The van der Waals surface area contributed by atoms with Crippen molar-refractivity contribution >= 4 is 67.1 Å². The summed E-state index contributed by atoms with van der Waals surface area (Å²) in [6.45, 7) is 3.12. The van der Waals surface area contributed by atoms with Crippen molar-refractivity contribution in [2.75, 3.05) is 13.1 Å². The second kappa shape index (κ2) is 13.7. The molecule has 10 nitrogen and oxygen atoms in total. The van der Waals surface area contributed by atoms with Crippen LogP contribution in [-0.4, -0.2) is 77.8 Å². The van der Waals surface area contributed by atoms with E-state index in [9.17, 15) is 22.8 Å². The topological polar surface area (TPSA) is 116 Å². The molecule has 238 valence electrons. The number of carbonyl (C=O) groups is 3. The van der Waals surface area contributed by atoms with Crippen molar-refractivity contribution in [3.8, 4) is 0 Å². The normalized spacial score (nSPS) is 20.7. The van der Waals surface area contributed by atoms with Crippen LogP contribution in [0.15, 0.2) is 82.2 Å². The first-order chi connectivity index (χ1) is 21.4. The maximum Gasteiger partial charge on any atom is 0.408 e. The van der Waals surface area contributed by atoms with Gasteiger partial charge in [0.1, 0.15) is 29.8 Å². The summed E-state index contributed by atoms with van der Waals surface area (Å²) in [4.78, 5) is 43.7. The van der Waals surface area contributed by atoms with Gasteiger partial charge in [-0.1, -0.05) is 81.6 Å². The summed E-state index contributed by atoms with van der Waals surface area (Å²) in [7, 11) is -4.38. The van der Waals surface area contributed by atoms with Crippen molar-refractivity contribution in [1.29, 1.82) is 0 Å². The van der Waals surface area contributed by atoms with Gasteiger partial charge >= 0.3 is 6.09 Å². The molecule has 3 unspecified atom stereocenters. The third-order valence-corrected chi connectivity index (χ3v) is 10.9. The number of fused-ring (bicyclic) bond motifs is 1. The molecule has 0 aliphatic carbocycles. The Morgan fingerprint density at radius 3 is 2.31 bits per heavy atom. The lowest BCUT2D eigenvalue weighted by Gasteiger charge is -2.54. The third kappa shape index (κ3) is 7.15. The van der Waals surface area contributed by atoms with Gasteiger partial charge in [-0.25, -0.2) is 13.2 Å². The molecule has 0 saturated carbocycles. The van der Waals surface area contributed by atoms with Crippen molar-refractivity contribution in [1.82, 2.24) is 19.4 Å². The average Bonchev–Trinajstić information content (AvgIpc) is 2.99. The Hall–Kier alpha value is -3.16. The number of hydrogen-bond acceptors (Lipinski definition) is 6. The number of rotatable bonds is 8. The van der Waals surface area contributed by atoms with Crippen LogP contribution >= 0.6 is 39.1 Å². The van der Waals surface area contributed by atoms with E-state index in [1.165, 1.54) is 23.1 Å². The monoisotopic (exact) mass is 736 g/mol. The lowest BCUT2D eigenvalue weighted by molar-refractivity contribution is -0.168. The standard InChI is InChI=1S/C31H31BrCl2N4O6S/c1-19(2)36-17-28-37(45(42,43)27-13-12-23(33)15-24(27)34)16-25(35-31(41)44-18-21-6-4-3-5-7-21)29(39)38(28)26(30(36)40)14-20-8-10-22(32)11-9-20/h3-13,15,19,25-26,28H,14,16-18H2,1-2H3,(H,35,41). The number of ether oxygens (including phenoxy) is 1. The SMILES string of the molecule is CC(C)N1CC2N(C(=O)C(NC(=O)OCc3ccccc3)CN2S(=O)(=O)c2ccc(Cl)cc2Cl)C(Cc2ccc(Br)cc2)C1=O. The Bertz CT molecular complexity index is 1690. The Kier molecular flexibility index (Phi) is 10.1. The Morgan fingerprint density at radius 1 is 0.978 bits per heavy atom. The molecule has 2 aliphatic rings. The Balaban J connectivity index is 1.54. The quantitative estimate of drug-likeness (QED) is 0.345. The van der Waals surface area contributed by atoms with E-state index in [-0.39, 0.29) is 46.5 Å². The molecular formula is C31H31BrCl2N4O6S. The van der Waals surface area contributed by atoms with E-state index in [2.05, 4.69) is 21.2 Å². The van der Waals surface area contributed by atoms with E-state index < -0.39 is 46.8 Å². The molecule has 2 heterocycles. The van der Waals surface area contributed by atoms with E-state index in [1.807, 2.05) is 44.2 Å². The van der Waals surface area contributed by atoms with Gasteiger partial charge in [0.25, 0.3) is 0 Å². The molecule has 3 amide bonds. The van der Waals surface area contributed by atoms with Crippen molar-refractivity contribution in [3.05, 3.63) is 98.4 Å². The summed E-state index contributed by atoms with van der Waals surface area (Å²) >= 11 is 15.9. The maximum absolute atomic E-state index is 14.3. The fraction of sp³-hybridized carbons (Fsp3) is 0.323. The van der Waals surface area contributed by atoms with Gasteiger partial charge < -0.3 is 19.9 Å². The number of nitrogens with one attached hydrogen (secondary N) is 1. The molecule has 5 rings (SSSR count). The highest BCUT2D eigenvalue weighted by Gasteiger charge is 2.54. The number of carbonyl (C=O) groups excluding carboxylic acids is 3. The van der Waals surface area contributed by atoms with Crippen LogP contribution in [0.3, 0.4) is 0 Å². The van der Waals surface area contributed by atoms with Crippen LogP contribution in [-0.2, 0) is 37.4 Å². The number of halogens is 3. The maximum atomic E-state index is 14.3. The summed E-state index contributed by atoms with van der Waals surface area (Å²) in [5.41, 5.74) is 1.50. The summed E-state index contributed by atoms with van der Waals surface area (Å²) in [6.07, 6.45) is -1.86. The zero-order valence-corrected chi connectivity index (χ0v) is 28.3. The van der Waals surface area contributed by atoms with E-state index in [4.69, 9.17) is 27.9 Å². The van der Waals surface area contributed by atoms with Crippen LogP contribution in [0.25, 0.3) is 0 Å². The van der Waals surface area contributed by atoms with Crippen molar-refractivity contribution < 1.29 is 27.5 Å². The highest BCUT2D eigenvalue weighted by atomic mass is 79.9. The average molecular weight is 738 g/mol. The molecular weight excluding hydrogens is 707 g/mol. The number of alkyl carbamates (subject to hydrolysis) is 1. The first-order valence-electron chi connectivity index (χ1n) is 14.2. The smallest absolute Gasteiger partial charge is 0.408 e. The second-order valence-electron chi connectivity index (χ2n) is 11.1. The molecule has 14 heteroatoms. The van der Waals surface area contributed by atoms with E-state index in [0.717, 1.165) is 19.9 Å². The number of benzene rings is 3. The van der Waals surface area contributed by atoms with Crippen LogP contribution in [0.5, 0.6) is 0 Å². The van der Waals surface area contributed by atoms with E-state index in [1.54, 1.807) is 29.2 Å². The summed E-state index contributed by atoms with van der Waals surface area (Å²) in [5.74, 6) is -0.920. The first-order valence-corrected chi connectivity index (χ1v) is 17.2. The molecule has 0 bridgehead atoms. The molecule has 3 atom stereocenters. The minimum absolute atomic E-state index is 0.0592. The minimum Gasteiger partial charge on any atom is -0.445 e. The van der Waals surface area contributed by atoms with Crippen LogP contribution in [0, 0.1) is 0 Å². The summed E-state index contributed by atoms with van der Waals surface area (Å²) < 4.78 is 35.9. The van der Waals surface area contributed by atoms with Crippen LogP contribution in [0.1, 0.15) is 25.0 Å².